The van der Waals surface area contributed by atoms with Crippen molar-refractivity contribution in [2.24, 2.45) is 7.05 Å². The molecule has 2 heterocycles. The third-order valence-corrected chi connectivity index (χ3v) is 4.25. The van der Waals surface area contributed by atoms with Gasteiger partial charge in [0, 0.05) is 37.2 Å². The lowest BCUT2D eigenvalue weighted by molar-refractivity contribution is 0.0375. The van der Waals surface area contributed by atoms with Gasteiger partial charge in [-0.05, 0) is 44.0 Å². The van der Waals surface area contributed by atoms with Crippen LogP contribution in [0.5, 0.6) is 0 Å². The Morgan fingerprint density at radius 2 is 2.00 bits per heavy atom. The summed E-state index contributed by atoms with van der Waals surface area (Å²) < 4.78 is 7.64. The van der Waals surface area contributed by atoms with Crippen LogP contribution in [0, 0.1) is 6.92 Å². The number of ether oxygens (including phenoxy) is 1. The van der Waals surface area contributed by atoms with Gasteiger partial charge in [-0.15, -0.1) is 0 Å². The molecular weight excluding hydrogens is 248 g/mol. The second-order valence-corrected chi connectivity index (χ2v) is 5.84. The van der Waals surface area contributed by atoms with Gasteiger partial charge < -0.3 is 9.30 Å². The van der Waals surface area contributed by atoms with E-state index in [0.29, 0.717) is 0 Å². The van der Waals surface area contributed by atoms with Crippen molar-refractivity contribution in [1.29, 1.82) is 0 Å². The first-order chi connectivity index (χ1) is 9.74. The van der Waals surface area contributed by atoms with E-state index in [4.69, 9.17) is 4.74 Å². The molecule has 1 saturated heterocycles. The van der Waals surface area contributed by atoms with Gasteiger partial charge in [-0.25, -0.2) is 0 Å². The van der Waals surface area contributed by atoms with Gasteiger partial charge in [0.1, 0.15) is 0 Å². The van der Waals surface area contributed by atoms with Gasteiger partial charge in [0.2, 0.25) is 0 Å². The van der Waals surface area contributed by atoms with Crippen LogP contribution in [0.4, 0.5) is 0 Å². The van der Waals surface area contributed by atoms with Crippen LogP contribution in [0.2, 0.25) is 0 Å². The molecule has 0 aliphatic carbocycles. The molecule has 0 unspecified atom stereocenters. The Morgan fingerprint density at radius 1 is 1.20 bits per heavy atom. The van der Waals surface area contributed by atoms with Crippen LogP contribution < -0.4 is 0 Å². The maximum Gasteiger partial charge on any atom is 0.0594 e. The minimum absolute atomic E-state index is 0.896. The molecule has 20 heavy (non-hydrogen) atoms. The lowest BCUT2D eigenvalue weighted by Crippen LogP contribution is -2.36. The van der Waals surface area contributed by atoms with Crippen molar-refractivity contribution in [2.75, 3.05) is 32.8 Å². The summed E-state index contributed by atoms with van der Waals surface area (Å²) in [5.41, 5.74) is 4.18. The van der Waals surface area contributed by atoms with Crippen LogP contribution in [-0.2, 0) is 18.2 Å². The van der Waals surface area contributed by atoms with Gasteiger partial charge in [0.15, 0.2) is 0 Å². The Balaban J connectivity index is 1.66. The van der Waals surface area contributed by atoms with E-state index in [1.807, 2.05) is 0 Å². The van der Waals surface area contributed by atoms with E-state index in [0.717, 1.165) is 32.7 Å². The van der Waals surface area contributed by atoms with Gasteiger partial charge in [0.25, 0.3) is 0 Å². The number of hydrogen-bond acceptors (Lipinski definition) is 2. The van der Waals surface area contributed by atoms with Gasteiger partial charge in [-0.2, -0.15) is 0 Å². The van der Waals surface area contributed by atoms with Crippen LogP contribution in [0.25, 0.3) is 10.9 Å². The first-order valence-electron chi connectivity index (χ1n) is 7.59. The number of hydrogen-bond donors (Lipinski definition) is 0. The largest absolute Gasteiger partial charge is 0.379 e. The molecule has 0 saturated carbocycles. The number of morpholine rings is 1. The predicted octanol–water partition coefficient (Wildman–Crippen LogP) is 2.75. The molecule has 108 valence electrons. The maximum absolute atomic E-state index is 5.39. The zero-order valence-electron chi connectivity index (χ0n) is 12.6. The monoisotopic (exact) mass is 272 g/mol. The second kappa shape index (κ2) is 5.98. The highest BCUT2D eigenvalue weighted by molar-refractivity contribution is 5.84. The van der Waals surface area contributed by atoms with E-state index in [9.17, 15) is 0 Å². The topological polar surface area (TPSA) is 17.4 Å². The summed E-state index contributed by atoms with van der Waals surface area (Å²) in [6.45, 7) is 7.33. The fraction of sp³-hybridized carbons (Fsp3) is 0.529. The van der Waals surface area contributed by atoms with E-state index >= 15 is 0 Å². The van der Waals surface area contributed by atoms with Crippen molar-refractivity contribution < 1.29 is 4.74 Å². The SMILES string of the molecule is Cc1ccc2c(c1)c(CCCN1CCOCC1)cn2C. The van der Waals surface area contributed by atoms with Gasteiger partial charge >= 0.3 is 0 Å². The number of aromatic nitrogens is 1. The second-order valence-electron chi connectivity index (χ2n) is 5.84. The van der Waals surface area contributed by atoms with Crippen molar-refractivity contribution >= 4 is 10.9 Å². The molecule has 2 aromatic rings. The molecule has 1 fully saturated rings. The van der Waals surface area contributed by atoms with Crippen molar-refractivity contribution in [1.82, 2.24) is 9.47 Å². The predicted molar refractivity (Wildman–Crippen MR) is 83.2 cm³/mol. The van der Waals surface area contributed by atoms with E-state index < -0.39 is 0 Å². The molecule has 0 N–H and O–H groups in total. The lowest BCUT2D eigenvalue weighted by atomic mass is 10.1. The van der Waals surface area contributed by atoms with Crippen molar-refractivity contribution in [3.63, 3.8) is 0 Å². The molecule has 1 aliphatic heterocycles. The zero-order chi connectivity index (χ0) is 13.9. The quantitative estimate of drug-likeness (QED) is 0.851. The first-order valence-corrected chi connectivity index (χ1v) is 7.59. The third-order valence-electron chi connectivity index (χ3n) is 4.25. The molecule has 1 aromatic carbocycles. The summed E-state index contributed by atoms with van der Waals surface area (Å²) in [7, 11) is 2.14. The van der Waals surface area contributed by atoms with Crippen molar-refractivity contribution in [3.05, 3.63) is 35.5 Å². The van der Waals surface area contributed by atoms with Gasteiger partial charge in [-0.3, -0.25) is 4.90 Å². The molecule has 0 spiro atoms. The molecule has 3 rings (SSSR count). The summed E-state index contributed by atoms with van der Waals surface area (Å²) >= 11 is 0. The highest BCUT2D eigenvalue weighted by Gasteiger charge is 2.11. The molecule has 0 radical (unpaired) electrons. The standard InChI is InChI=1S/C17H24N2O/c1-14-5-6-17-16(12-14)15(13-18(17)2)4-3-7-19-8-10-20-11-9-19/h5-6,12-13H,3-4,7-11H2,1-2H3. The maximum atomic E-state index is 5.39. The van der Waals surface area contributed by atoms with E-state index in [1.165, 1.54) is 35.0 Å². The number of aryl methyl sites for hydroxylation is 3. The first kappa shape index (κ1) is 13.7. The van der Waals surface area contributed by atoms with Crippen LogP contribution >= 0.6 is 0 Å². The number of rotatable bonds is 4. The van der Waals surface area contributed by atoms with Crippen LogP contribution in [0.1, 0.15) is 17.5 Å². The summed E-state index contributed by atoms with van der Waals surface area (Å²) in [5, 5.41) is 1.43. The molecule has 3 nitrogen and oxygen atoms in total. The number of benzene rings is 1. The Morgan fingerprint density at radius 3 is 2.80 bits per heavy atom. The third kappa shape index (κ3) is 2.89. The Labute approximate surface area is 121 Å². The van der Waals surface area contributed by atoms with Crippen molar-refractivity contribution in [3.8, 4) is 0 Å². The molecule has 1 aliphatic rings. The minimum atomic E-state index is 0.896. The lowest BCUT2D eigenvalue weighted by Gasteiger charge is -2.26. The fourth-order valence-electron chi connectivity index (χ4n) is 3.10. The van der Waals surface area contributed by atoms with Crippen LogP contribution in [0.15, 0.2) is 24.4 Å². The number of nitrogens with zero attached hydrogens (tertiary/aromatic N) is 2. The van der Waals surface area contributed by atoms with Crippen LogP contribution in [0.3, 0.4) is 0 Å². The highest BCUT2D eigenvalue weighted by Crippen LogP contribution is 2.23. The summed E-state index contributed by atoms with van der Waals surface area (Å²) in [6.07, 6.45) is 4.69. The van der Waals surface area contributed by atoms with E-state index in [2.05, 4.69) is 47.8 Å². The van der Waals surface area contributed by atoms with E-state index in [-0.39, 0.29) is 0 Å². The Bertz CT molecular complexity index is 582. The summed E-state index contributed by atoms with van der Waals surface area (Å²) in [4.78, 5) is 2.51. The van der Waals surface area contributed by atoms with Crippen LogP contribution in [-0.4, -0.2) is 42.3 Å². The molecule has 1 aromatic heterocycles. The summed E-state index contributed by atoms with van der Waals surface area (Å²) in [6, 6.07) is 6.75. The molecule has 0 bridgehead atoms. The Hall–Kier alpha value is -1.32. The fourth-order valence-corrected chi connectivity index (χ4v) is 3.10. The Kier molecular flexibility index (Phi) is 4.08. The highest BCUT2D eigenvalue weighted by atomic mass is 16.5. The molecule has 3 heteroatoms. The molecule has 0 atom stereocenters. The average Bonchev–Trinajstić information content (AvgIpc) is 2.76. The normalized spacial score (nSPS) is 16.9. The minimum Gasteiger partial charge on any atom is -0.379 e. The number of fused-ring (bicyclic) bond motifs is 1. The van der Waals surface area contributed by atoms with Gasteiger partial charge in [-0.1, -0.05) is 11.6 Å². The smallest absolute Gasteiger partial charge is 0.0594 e. The van der Waals surface area contributed by atoms with Crippen molar-refractivity contribution in [2.45, 2.75) is 19.8 Å². The molecular formula is C17H24N2O. The summed E-state index contributed by atoms with van der Waals surface area (Å²) in [5.74, 6) is 0. The van der Waals surface area contributed by atoms with E-state index in [1.54, 1.807) is 0 Å². The average molecular weight is 272 g/mol. The van der Waals surface area contributed by atoms with Gasteiger partial charge in [0.05, 0.1) is 13.2 Å². The molecule has 0 amide bonds. The zero-order valence-corrected chi connectivity index (χ0v) is 12.6.